The lowest BCUT2D eigenvalue weighted by atomic mass is 9.95. The Labute approximate surface area is 53.5 Å². The Balaban J connectivity index is 3.17. The van der Waals surface area contributed by atoms with Gasteiger partial charge in [-0.15, -0.1) is 0 Å². The molecule has 0 saturated carbocycles. The number of phenolic OH excluding ortho intramolecular Hbond substituents is 1. The lowest BCUT2D eigenvalue weighted by Crippen LogP contribution is -2.01. The molecule has 3 heteroatoms. The largest absolute Gasteiger partial charge is 0.508 e. The molecule has 0 aromatic heterocycles. The summed E-state index contributed by atoms with van der Waals surface area (Å²) in [4.78, 5) is 0. The number of hydrogen-bond acceptors (Lipinski definition) is 1. The highest BCUT2D eigenvalue weighted by Gasteiger charge is 1.94. The van der Waals surface area contributed by atoms with Crippen LogP contribution in [0.3, 0.4) is 0 Å². The lowest BCUT2D eigenvalue weighted by Gasteiger charge is -1.95. The highest BCUT2D eigenvalue weighted by atomic mass is 19.1. The first-order chi connectivity index (χ1) is 4.20. The van der Waals surface area contributed by atoms with Crippen molar-refractivity contribution >= 4 is 13.3 Å². The van der Waals surface area contributed by atoms with Gasteiger partial charge in [0.15, 0.2) is 0 Å². The van der Waals surface area contributed by atoms with Crippen LogP contribution in [0.4, 0.5) is 4.39 Å². The van der Waals surface area contributed by atoms with Crippen molar-refractivity contribution in [3.63, 3.8) is 0 Å². The number of aromatic hydroxyl groups is 1. The van der Waals surface area contributed by atoms with Crippen LogP contribution in [-0.2, 0) is 0 Å². The third-order valence-electron chi connectivity index (χ3n) is 1.17. The molecule has 1 aromatic carbocycles. The van der Waals surface area contributed by atoms with Crippen molar-refractivity contribution < 1.29 is 9.50 Å². The number of benzene rings is 1. The minimum atomic E-state index is -0.405. The van der Waals surface area contributed by atoms with E-state index in [4.69, 9.17) is 5.11 Å². The molecule has 1 N–H and O–H groups in total. The third kappa shape index (κ3) is 1.22. The van der Waals surface area contributed by atoms with Crippen LogP contribution in [0.15, 0.2) is 18.2 Å². The fraction of sp³-hybridized carbons (Fsp3) is 0. The molecular weight excluding hydrogens is 118 g/mol. The summed E-state index contributed by atoms with van der Waals surface area (Å²) in [7, 11) is 1.72. The summed E-state index contributed by atoms with van der Waals surface area (Å²) in [6.45, 7) is 0. The molecule has 0 spiro atoms. The summed E-state index contributed by atoms with van der Waals surface area (Å²) >= 11 is 0. The second kappa shape index (κ2) is 2.09. The molecule has 0 amide bonds. The van der Waals surface area contributed by atoms with Gasteiger partial charge in [-0.25, -0.2) is 4.39 Å². The Morgan fingerprint density at radius 3 is 2.56 bits per heavy atom. The maximum atomic E-state index is 12.2. The van der Waals surface area contributed by atoms with Crippen molar-refractivity contribution in [3.8, 4) is 5.75 Å². The molecule has 0 aliphatic carbocycles. The summed E-state index contributed by atoms with van der Waals surface area (Å²) in [6.07, 6.45) is 0. The predicted molar refractivity (Wildman–Crippen MR) is 36.2 cm³/mol. The molecular formula is C6H6BFO. The molecule has 0 unspecified atom stereocenters. The van der Waals surface area contributed by atoms with Crippen LogP contribution in [0.5, 0.6) is 5.75 Å². The van der Waals surface area contributed by atoms with Gasteiger partial charge in [0.2, 0.25) is 0 Å². The third-order valence-corrected chi connectivity index (χ3v) is 1.17. The van der Waals surface area contributed by atoms with E-state index < -0.39 is 5.82 Å². The fourth-order valence-corrected chi connectivity index (χ4v) is 0.583. The van der Waals surface area contributed by atoms with Crippen LogP contribution in [0.1, 0.15) is 0 Å². The highest BCUT2D eigenvalue weighted by molar-refractivity contribution is 6.34. The first-order valence-corrected chi connectivity index (χ1v) is 2.65. The van der Waals surface area contributed by atoms with E-state index in [-0.39, 0.29) is 5.75 Å². The molecule has 0 heterocycles. The van der Waals surface area contributed by atoms with Crippen LogP contribution in [0.2, 0.25) is 0 Å². The van der Waals surface area contributed by atoms with Gasteiger partial charge in [-0.05, 0) is 11.5 Å². The molecule has 0 fully saturated rings. The molecule has 0 atom stereocenters. The van der Waals surface area contributed by atoms with Gasteiger partial charge in [-0.2, -0.15) is 0 Å². The van der Waals surface area contributed by atoms with E-state index in [0.717, 1.165) is 6.07 Å². The van der Waals surface area contributed by atoms with Crippen molar-refractivity contribution in [2.75, 3.05) is 0 Å². The van der Waals surface area contributed by atoms with Gasteiger partial charge in [0.25, 0.3) is 0 Å². The van der Waals surface area contributed by atoms with Gasteiger partial charge in [-0.3, -0.25) is 0 Å². The van der Waals surface area contributed by atoms with E-state index in [0.29, 0.717) is 5.46 Å². The Kier molecular flexibility index (Phi) is 1.43. The lowest BCUT2D eigenvalue weighted by molar-refractivity contribution is 0.473. The van der Waals surface area contributed by atoms with Crippen LogP contribution >= 0.6 is 0 Å². The molecule has 1 nitrogen and oxygen atoms in total. The second-order valence-electron chi connectivity index (χ2n) is 1.93. The van der Waals surface area contributed by atoms with E-state index >= 15 is 0 Å². The van der Waals surface area contributed by atoms with Crippen molar-refractivity contribution in [3.05, 3.63) is 24.0 Å². The average Bonchev–Trinajstić information content (AvgIpc) is 1.80. The Morgan fingerprint density at radius 2 is 2.11 bits per heavy atom. The zero-order chi connectivity index (χ0) is 6.85. The molecule has 9 heavy (non-hydrogen) atoms. The van der Waals surface area contributed by atoms with Crippen LogP contribution in [0, 0.1) is 5.82 Å². The summed E-state index contributed by atoms with van der Waals surface area (Å²) in [5.41, 5.74) is 0.691. The predicted octanol–water partition coefficient (Wildman–Crippen LogP) is -0.210. The quantitative estimate of drug-likeness (QED) is 0.474. The van der Waals surface area contributed by atoms with Crippen molar-refractivity contribution in [2.24, 2.45) is 0 Å². The number of halogens is 1. The molecule has 0 saturated heterocycles. The zero-order valence-corrected chi connectivity index (χ0v) is 5.06. The van der Waals surface area contributed by atoms with Gasteiger partial charge in [-0.1, -0.05) is 6.07 Å². The first kappa shape index (κ1) is 6.14. The van der Waals surface area contributed by atoms with Crippen molar-refractivity contribution in [1.82, 2.24) is 0 Å². The topological polar surface area (TPSA) is 20.2 Å². The Bertz CT molecular complexity index is 224. The van der Waals surface area contributed by atoms with Crippen LogP contribution in [-0.4, -0.2) is 13.0 Å². The highest BCUT2D eigenvalue weighted by Crippen LogP contribution is 2.04. The fourth-order valence-electron chi connectivity index (χ4n) is 0.583. The summed E-state index contributed by atoms with van der Waals surface area (Å²) in [6, 6.07) is 3.94. The van der Waals surface area contributed by atoms with Gasteiger partial charge >= 0.3 is 0 Å². The minimum absolute atomic E-state index is 0.00926. The number of hydrogen-bond donors (Lipinski definition) is 1. The van der Waals surface area contributed by atoms with Gasteiger partial charge in [0.05, 0.1) is 0 Å². The summed E-state index contributed by atoms with van der Waals surface area (Å²) in [5, 5.41) is 8.86. The molecule has 1 aromatic rings. The smallest absolute Gasteiger partial charge is 0.144 e. The Hall–Kier alpha value is -0.985. The number of rotatable bonds is 0. The van der Waals surface area contributed by atoms with E-state index in [1.165, 1.54) is 12.1 Å². The second-order valence-corrected chi connectivity index (χ2v) is 1.93. The van der Waals surface area contributed by atoms with Gasteiger partial charge in [0.1, 0.15) is 19.4 Å². The molecule has 46 valence electrons. The first-order valence-electron chi connectivity index (χ1n) is 2.65. The van der Waals surface area contributed by atoms with Crippen LogP contribution in [0.25, 0.3) is 0 Å². The van der Waals surface area contributed by atoms with Crippen molar-refractivity contribution in [1.29, 1.82) is 0 Å². The normalized spacial score (nSPS) is 9.44. The standard InChI is InChI=1S/C6H6BFO/c7-5-2-1-4(8)3-6(5)9/h1-3,9H,7H2. The molecule has 0 radical (unpaired) electrons. The van der Waals surface area contributed by atoms with E-state index in [2.05, 4.69) is 0 Å². The van der Waals surface area contributed by atoms with Gasteiger partial charge < -0.3 is 5.11 Å². The van der Waals surface area contributed by atoms with E-state index in [1.807, 2.05) is 0 Å². The maximum Gasteiger partial charge on any atom is 0.144 e. The maximum absolute atomic E-state index is 12.2. The summed E-state index contributed by atoms with van der Waals surface area (Å²) in [5.74, 6) is -0.395. The van der Waals surface area contributed by atoms with Gasteiger partial charge in [0, 0.05) is 6.07 Å². The molecule has 1 rings (SSSR count). The monoisotopic (exact) mass is 124 g/mol. The average molecular weight is 124 g/mol. The van der Waals surface area contributed by atoms with Crippen LogP contribution < -0.4 is 5.46 Å². The zero-order valence-electron chi connectivity index (χ0n) is 5.06. The van der Waals surface area contributed by atoms with E-state index in [9.17, 15) is 4.39 Å². The summed E-state index contributed by atoms with van der Waals surface area (Å²) < 4.78 is 12.2. The SMILES string of the molecule is Bc1ccc(F)cc1O. The van der Waals surface area contributed by atoms with Crippen molar-refractivity contribution in [2.45, 2.75) is 0 Å². The van der Waals surface area contributed by atoms with E-state index in [1.54, 1.807) is 7.85 Å². The molecule has 0 bridgehead atoms. The molecule has 0 aliphatic rings. The molecule has 0 aliphatic heterocycles. The number of phenols is 1. The minimum Gasteiger partial charge on any atom is -0.508 e. The Morgan fingerprint density at radius 1 is 1.44 bits per heavy atom.